The van der Waals surface area contributed by atoms with Gasteiger partial charge in [-0.25, -0.2) is 0 Å². The van der Waals surface area contributed by atoms with Gasteiger partial charge in [-0.15, -0.1) is 0 Å². The third-order valence-corrected chi connectivity index (χ3v) is 15.4. The number of carbonyl (C=O) groups is 1. The average molecular weight is 1130 g/mol. The molecule has 17 atom stereocenters. The van der Waals surface area contributed by atoms with Crippen molar-refractivity contribution >= 4 is 5.91 Å². The minimum Gasteiger partial charge on any atom is -0.394 e. The van der Waals surface area contributed by atoms with Gasteiger partial charge in [0.2, 0.25) is 5.91 Å². The van der Waals surface area contributed by atoms with E-state index in [0.717, 1.165) is 44.9 Å². The van der Waals surface area contributed by atoms with Gasteiger partial charge in [-0.2, -0.15) is 0 Å². The molecule has 3 aliphatic rings. The largest absolute Gasteiger partial charge is 0.394 e. The maximum Gasteiger partial charge on any atom is 0.220 e. The lowest BCUT2D eigenvalue weighted by Gasteiger charge is -2.48. The molecule has 79 heavy (non-hydrogen) atoms. The third kappa shape index (κ3) is 27.5. The quantitative estimate of drug-likeness (QED) is 0.0257. The highest BCUT2D eigenvalue weighted by Gasteiger charge is 2.53. The predicted octanol–water partition coefficient (Wildman–Crippen LogP) is 5.71. The SMILES string of the molecule is CCCCCCCCCCCCCCCC/C=C/CC/C=C/CC/C=C/C(O)C(COC1OC(CO)C(OC2OC(CO)C(OC3OC(CO)C(O)C(O)C3O)C(O)C2O)C(O)C1O)NC(=O)CCCCCCCCCCCC. The lowest BCUT2D eigenvalue weighted by atomic mass is 9.96. The number of hydrogen-bond donors (Lipinski definition) is 12. The Labute approximate surface area is 472 Å². The van der Waals surface area contributed by atoms with Crippen molar-refractivity contribution in [3.63, 3.8) is 0 Å². The number of carbonyl (C=O) groups excluding carboxylic acids is 1. The van der Waals surface area contributed by atoms with Crippen LogP contribution in [0, 0.1) is 0 Å². The Morgan fingerprint density at radius 1 is 0.443 bits per heavy atom. The van der Waals surface area contributed by atoms with Gasteiger partial charge in [-0.1, -0.05) is 192 Å². The van der Waals surface area contributed by atoms with Crippen molar-refractivity contribution in [1.29, 1.82) is 0 Å². The maximum atomic E-state index is 13.2. The molecule has 0 spiro atoms. The fourth-order valence-corrected chi connectivity index (χ4v) is 10.3. The van der Waals surface area contributed by atoms with Crippen LogP contribution in [-0.4, -0.2) is 193 Å². The van der Waals surface area contributed by atoms with Crippen molar-refractivity contribution in [2.24, 2.45) is 0 Å². The van der Waals surface area contributed by atoms with Gasteiger partial charge in [0.25, 0.3) is 0 Å². The number of aliphatic hydroxyl groups excluding tert-OH is 11. The van der Waals surface area contributed by atoms with E-state index < -0.39 is 124 Å². The number of amides is 1. The molecule has 0 aromatic heterocycles. The fraction of sp³-hybridized carbons (Fsp3) is 0.883. The number of rotatable bonds is 45. The molecular weight excluding hydrogens is 1020 g/mol. The number of allylic oxidation sites excluding steroid dienone is 5. The first-order valence-electron chi connectivity index (χ1n) is 30.7. The molecule has 0 aromatic carbocycles. The summed E-state index contributed by atoms with van der Waals surface area (Å²) in [4.78, 5) is 13.2. The second-order valence-electron chi connectivity index (χ2n) is 22.2. The van der Waals surface area contributed by atoms with Crippen LogP contribution in [0.4, 0.5) is 0 Å². The van der Waals surface area contributed by atoms with Gasteiger partial charge >= 0.3 is 0 Å². The van der Waals surface area contributed by atoms with Crippen LogP contribution in [0.3, 0.4) is 0 Å². The zero-order chi connectivity index (χ0) is 57.6. The van der Waals surface area contributed by atoms with Gasteiger partial charge in [-0.3, -0.25) is 4.79 Å². The van der Waals surface area contributed by atoms with Crippen molar-refractivity contribution in [2.75, 3.05) is 26.4 Å². The van der Waals surface area contributed by atoms with Crippen LogP contribution < -0.4 is 5.32 Å². The first-order valence-corrected chi connectivity index (χ1v) is 30.7. The van der Waals surface area contributed by atoms with Crippen LogP contribution in [0.5, 0.6) is 0 Å². The summed E-state index contributed by atoms with van der Waals surface area (Å²) in [7, 11) is 0. The van der Waals surface area contributed by atoms with Gasteiger partial charge in [0.15, 0.2) is 18.9 Å². The van der Waals surface area contributed by atoms with Crippen molar-refractivity contribution < 1.29 is 89.4 Å². The molecule has 462 valence electrons. The number of hydrogen-bond acceptors (Lipinski definition) is 18. The fourth-order valence-electron chi connectivity index (χ4n) is 10.3. The highest BCUT2D eigenvalue weighted by Crippen LogP contribution is 2.33. The van der Waals surface area contributed by atoms with Crippen LogP contribution in [-0.2, 0) is 33.2 Å². The molecule has 1 amide bonds. The van der Waals surface area contributed by atoms with Gasteiger partial charge in [0.1, 0.15) is 73.2 Å². The van der Waals surface area contributed by atoms with Crippen LogP contribution in [0.1, 0.15) is 206 Å². The lowest BCUT2D eigenvalue weighted by Crippen LogP contribution is -2.66. The van der Waals surface area contributed by atoms with Crippen LogP contribution in [0.25, 0.3) is 0 Å². The van der Waals surface area contributed by atoms with E-state index in [0.29, 0.717) is 12.8 Å². The smallest absolute Gasteiger partial charge is 0.220 e. The molecule has 3 aliphatic heterocycles. The van der Waals surface area contributed by atoms with E-state index in [9.17, 15) is 61.0 Å². The Morgan fingerprint density at radius 2 is 0.810 bits per heavy atom. The summed E-state index contributed by atoms with van der Waals surface area (Å²) in [5.41, 5.74) is 0. The second-order valence-corrected chi connectivity index (χ2v) is 22.2. The molecule has 3 saturated heterocycles. The molecular formula is C60H109NO18. The molecule has 0 aliphatic carbocycles. The minimum absolute atomic E-state index is 0.233. The molecule has 12 N–H and O–H groups in total. The normalized spacial score (nSPS) is 30.5. The molecule has 0 bridgehead atoms. The van der Waals surface area contributed by atoms with E-state index >= 15 is 0 Å². The van der Waals surface area contributed by atoms with Gasteiger partial charge in [0, 0.05) is 6.42 Å². The standard InChI is InChI=1S/C60H109NO18/c1-3-5-7-9-11-13-15-16-17-18-19-20-21-22-23-24-25-26-27-28-29-31-33-35-37-44(65)43(61-48(66)38-36-34-32-30-14-12-10-8-6-4-2)42-74-58-54(72)51(69)56(46(40-63)76-58)79-60-55(73)52(70)57(47(41-64)77-60)78-59-53(71)50(68)49(67)45(39-62)75-59/h24-25,28-29,35,37,43-47,49-60,62-65,67-73H,3-23,26-27,30-34,36,38-42H2,1-2H3,(H,61,66)/b25-24+,29-28+,37-35+. The Kier molecular flexibility index (Phi) is 39.4. The average Bonchev–Trinajstić information content (AvgIpc) is 3.56. The molecule has 0 saturated carbocycles. The summed E-state index contributed by atoms with van der Waals surface area (Å²) in [5.74, 6) is -0.292. The molecule has 3 rings (SSSR count). The molecule has 3 heterocycles. The first kappa shape index (κ1) is 71.3. The topological polar surface area (TPSA) is 307 Å². The van der Waals surface area contributed by atoms with E-state index in [2.05, 4.69) is 43.5 Å². The highest BCUT2D eigenvalue weighted by molar-refractivity contribution is 5.76. The summed E-state index contributed by atoms with van der Waals surface area (Å²) in [6.45, 7) is 1.67. The minimum atomic E-state index is -1.98. The monoisotopic (exact) mass is 1130 g/mol. The van der Waals surface area contributed by atoms with Gasteiger partial charge in [0.05, 0.1) is 38.6 Å². The van der Waals surface area contributed by atoms with Crippen molar-refractivity contribution in [1.82, 2.24) is 5.32 Å². The van der Waals surface area contributed by atoms with E-state index in [1.165, 1.54) is 128 Å². The number of aliphatic hydroxyl groups is 11. The van der Waals surface area contributed by atoms with Gasteiger partial charge < -0.3 is 89.9 Å². The third-order valence-electron chi connectivity index (χ3n) is 15.4. The first-order chi connectivity index (χ1) is 38.3. The van der Waals surface area contributed by atoms with E-state index in [1.54, 1.807) is 6.08 Å². The Bertz CT molecular complexity index is 1590. The molecule has 0 radical (unpaired) electrons. The summed E-state index contributed by atoms with van der Waals surface area (Å²) >= 11 is 0. The summed E-state index contributed by atoms with van der Waals surface area (Å²) < 4.78 is 34.2. The zero-order valence-electron chi connectivity index (χ0n) is 48.1. The van der Waals surface area contributed by atoms with Crippen molar-refractivity contribution in [3.8, 4) is 0 Å². The molecule has 17 unspecified atom stereocenters. The van der Waals surface area contributed by atoms with E-state index in [4.69, 9.17) is 28.4 Å². The second kappa shape index (κ2) is 43.6. The Hall–Kier alpha value is -1.99. The number of nitrogens with one attached hydrogen (secondary N) is 1. The zero-order valence-corrected chi connectivity index (χ0v) is 48.1. The Morgan fingerprint density at radius 3 is 1.27 bits per heavy atom. The highest BCUT2D eigenvalue weighted by atomic mass is 16.8. The summed E-state index contributed by atoms with van der Waals surface area (Å²) in [5, 5.41) is 120. The van der Waals surface area contributed by atoms with E-state index in [-0.39, 0.29) is 18.9 Å². The van der Waals surface area contributed by atoms with E-state index in [1.807, 2.05) is 6.08 Å². The molecule has 0 aromatic rings. The molecule has 3 fully saturated rings. The summed E-state index contributed by atoms with van der Waals surface area (Å²) in [6, 6.07) is -0.992. The van der Waals surface area contributed by atoms with Crippen LogP contribution >= 0.6 is 0 Å². The Balaban J connectivity index is 1.48. The number of unbranched alkanes of at least 4 members (excludes halogenated alkanes) is 25. The number of ether oxygens (including phenoxy) is 6. The predicted molar refractivity (Wildman–Crippen MR) is 300 cm³/mol. The van der Waals surface area contributed by atoms with Crippen molar-refractivity contribution in [2.45, 2.75) is 311 Å². The van der Waals surface area contributed by atoms with Crippen LogP contribution in [0.2, 0.25) is 0 Å². The molecule has 19 nitrogen and oxygen atoms in total. The van der Waals surface area contributed by atoms with Gasteiger partial charge in [-0.05, 0) is 44.9 Å². The molecule has 19 heteroatoms. The lowest BCUT2D eigenvalue weighted by molar-refractivity contribution is -0.379. The maximum absolute atomic E-state index is 13.2. The van der Waals surface area contributed by atoms with Crippen LogP contribution in [0.15, 0.2) is 36.5 Å². The van der Waals surface area contributed by atoms with Crippen molar-refractivity contribution in [3.05, 3.63) is 36.5 Å². The summed E-state index contributed by atoms with van der Waals surface area (Å²) in [6.07, 6.45) is 20.1.